The van der Waals surface area contributed by atoms with Gasteiger partial charge in [-0.25, -0.2) is 0 Å². The Bertz CT molecular complexity index is 524. The Kier molecular flexibility index (Phi) is 15.6. The van der Waals surface area contributed by atoms with E-state index in [4.69, 9.17) is 6.15 Å². The van der Waals surface area contributed by atoms with Gasteiger partial charge >= 0.3 is 212 Å². The molecule has 196 valence electrons. The average molecular weight is 575 g/mol. The van der Waals surface area contributed by atoms with Crippen molar-refractivity contribution in [1.29, 1.82) is 0 Å². The van der Waals surface area contributed by atoms with Crippen LogP contribution in [-0.2, 0) is 15.7 Å². The molecule has 0 saturated heterocycles. The van der Waals surface area contributed by atoms with Crippen molar-refractivity contribution in [2.24, 2.45) is 22.7 Å². The minimum absolute atomic E-state index is 0.123. The summed E-state index contributed by atoms with van der Waals surface area (Å²) in [6.45, 7) is 21.3. The zero-order valence-corrected chi connectivity index (χ0v) is 26.6. The van der Waals surface area contributed by atoms with Crippen molar-refractivity contribution in [3.63, 3.8) is 0 Å². The summed E-state index contributed by atoms with van der Waals surface area (Å²) in [4.78, 5) is 27.2. The molecule has 5 heteroatoms. The van der Waals surface area contributed by atoms with Crippen molar-refractivity contribution in [1.82, 2.24) is 0 Å². The van der Waals surface area contributed by atoms with Gasteiger partial charge in [0, 0.05) is 0 Å². The maximum atomic E-state index is 13.6. The molecule has 0 rings (SSSR count). The first-order chi connectivity index (χ1) is 15.3. The average Bonchev–Trinajstić information content (AvgIpc) is 2.77. The van der Waals surface area contributed by atoms with Gasteiger partial charge in [0.25, 0.3) is 0 Å². The fourth-order valence-electron chi connectivity index (χ4n) is 3.89. The van der Waals surface area contributed by atoms with Crippen LogP contribution in [0.4, 0.5) is 0 Å². The number of hydrogen-bond donors (Lipinski definition) is 0. The van der Waals surface area contributed by atoms with E-state index in [2.05, 4.69) is 55.4 Å². The standard InChI is InChI=1S/2C10H20O2.2C4H9.Sn/c2*1-5-10(4,9(11)12)7-6-8(2)3;2*1-3-4-2;/h2*8H,5-7H2,1-4H3,(H,11,12);2*1,3-4H2,2H3;/q;;;;+2/p-2. The molecule has 0 aromatic carbocycles. The first-order valence-electron chi connectivity index (χ1n) is 13.8. The topological polar surface area (TPSA) is 52.6 Å². The van der Waals surface area contributed by atoms with E-state index in [1.54, 1.807) is 0 Å². The van der Waals surface area contributed by atoms with Gasteiger partial charge in [-0.3, -0.25) is 0 Å². The molecule has 0 fully saturated rings. The summed E-state index contributed by atoms with van der Waals surface area (Å²) in [5.74, 6) is 0.839. The maximum absolute atomic E-state index is 13.6. The van der Waals surface area contributed by atoms with Crippen LogP contribution in [0.25, 0.3) is 0 Å². The van der Waals surface area contributed by atoms with Crippen LogP contribution in [0, 0.1) is 22.7 Å². The van der Waals surface area contributed by atoms with Crippen LogP contribution in [0.15, 0.2) is 0 Å². The number of rotatable bonds is 18. The quantitative estimate of drug-likeness (QED) is 0.153. The van der Waals surface area contributed by atoms with E-state index in [9.17, 15) is 9.59 Å². The molecule has 0 aliphatic rings. The SMILES string of the molecule is CCC[CH2][Sn]([CH2]CCC)([O]C(=O)C(C)(CC)CCC(C)C)[O]C(=O)C(C)(CC)CCC(C)C. The van der Waals surface area contributed by atoms with E-state index in [1.165, 1.54) is 0 Å². The summed E-state index contributed by atoms with van der Waals surface area (Å²) in [5.41, 5.74) is -1.02. The second-order valence-electron chi connectivity index (χ2n) is 11.6. The van der Waals surface area contributed by atoms with Gasteiger partial charge in [0.1, 0.15) is 0 Å². The first kappa shape index (κ1) is 32.7. The van der Waals surface area contributed by atoms with Crippen LogP contribution >= 0.6 is 0 Å². The molecule has 2 atom stereocenters. The number of carbonyl (C=O) groups is 2. The van der Waals surface area contributed by atoms with E-state index < -0.39 is 30.0 Å². The third-order valence-corrected chi connectivity index (χ3v) is 17.0. The van der Waals surface area contributed by atoms with E-state index in [-0.39, 0.29) is 11.9 Å². The summed E-state index contributed by atoms with van der Waals surface area (Å²) < 4.78 is 14.5. The number of hydrogen-bond acceptors (Lipinski definition) is 4. The molecule has 0 radical (unpaired) electrons. The Morgan fingerprint density at radius 1 is 0.697 bits per heavy atom. The zero-order chi connectivity index (χ0) is 25.7. The van der Waals surface area contributed by atoms with Crippen molar-refractivity contribution >= 4 is 31.1 Å². The molecule has 0 aromatic rings. The van der Waals surface area contributed by atoms with Gasteiger partial charge in [0.2, 0.25) is 0 Å². The fraction of sp³-hybridized carbons (Fsp3) is 0.929. The van der Waals surface area contributed by atoms with E-state index >= 15 is 0 Å². The molecule has 0 heterocycles. The Labute approximate surface area is 211 Å². The van der Waals surface area contributed by atoms with Crippen molar-refractivity contribution in [2.45, 2.75) is 142 Å². The van der Waals surface area contributed by atoms with Gasteiger partial charge in [0.15, 0.2) is 0 Å². The monoisotopic (exact) mass is 576 g/mol. The van der Waals surface area contributed by atoms with Gasteiger partial charge in [0.05, 0.1) is 0 Å². The van der Waals surface area contributed by atoms with Gasteiger partial charge in [-0.15, -0.1) is 0 Å². The molecule has 0 aliphatic carbocycles. The zero-order valence-electron chi connectivity index (χ0n) is 23.8. The molecule has 4 nitrogen and oxygen atoms in total. The number of carbonyl (C=O) groups excluding carboxylic acids is 2. The van der Waals surface area contributed by atoms with Crippen molar-refractivity contribution < 1.29 is 15.7 Å². The summed E-state index contributed by atoms with van der Waals surface area (Å²) in [5, 5.41) is 0. The van der Waals surface area contributed by atoms with Crippen molar-refractivity contribution in [3.8, 4) is 0 Å². The molecule has 2 unspecified atom stereocenters. The second-order valence-corrected chi connectivity index (χ2v) is 20.8. The predicted octanol–water partition coefficient (Wildman–Crippen LogP) is 8.82. The first-order valence-corrected chi connectivity index (χ1v) is 20.2. The molecule has 0 saturated carbocycles. The summed E-state index contributed by atoms with van der Waals surface area (Å²) in [7, 11) is 0. The van der Waals surface area contributed by atoms with Gasteiger partial charge in [-0.1, -0.05) is 0 Å². The normalized spacial score (nSPS) is 15.9. The Morgan fingerprint density at radius 2 is 1.03 bits per heavy atom. The molecule has 0 aliphatic heterocycles. The number of unbranched alkanes of at least 4 members (excludes halogenated alkanes) is 2. The molecule has 0 amide bonds. The Morgan fingerprint density at radius 3 is 1.27 bits per heavy atom. The minimum atomic E-state index is -3.98. The van der Waals surface area contributed by atoms with Gasteiger partial charge in [-0.2, -0.15) is 0 Å². The summed E-state index contributed by atoms with van der Waals surface area (Å²) in [6.07, 6.45) is 9.04. The van der Waals surface area contributed by atoms with Crippen LogP contribution in [0.2, 0.25) is 8.87 Å². The fourth-order valence-corrected chi connectivity index (χ4v) is 14.3. The second kappa shape index (κ2) is 15.7. The third-order valence-electron chi connectivity index (χ3n) is 7.47. The van der Waals surface area contributed by atoms with Gasteiger partial charge < -0.3 is 0 Å². The van der Waals surface area contributed by atoms with Crippen molar-refractivity contribution in [3.05, 3.63) is 0 Å². The molecule has 33 heavy (non-hydrogen) atoms. The third kappa shape index (κ3) is 11.3. The van der Waals surface area contributed by atoms with Crippen LogP contribution in [0.3, 0.4) is 0 Å². The molecule has 0 spiro atoms. The van der Waals surface area contributed by atoms with E-state index in [0.717, 1.165) is 73.1 Å². The summed E-state index contributed by atoms with van der Waals surface area (Å²) in [6, 6.07) is 0. The Balaban J connectivity index is 5.97. The Hall–Kier alpha value is -0.261. The van der Waals surface area contributed by atoms with Crippen molar-refractivity contribution in [2.75, 3.05) is 0 Å². The van der Waals surface area contributed by atoms with Gasteiger partial charge in [-0.05, 0) is 0 Å². The van der Waals surface area contributed by atoms with Crippen LogP contribution in [-0.4, -0.2) is 31.1 Å². The van der Waals surface area contributed by atoms with Crippen LogP contribution < -0.4 is 0 Å². The predicted molar refractivity (Wildman–Crippen MR) is 142 cm³/mol. The molecule has 0 bridgehead atoms. The van der Waals surface area contributed by atoms with E-state index in [0.29, 0.717) is 11.8 Å². The molecular formula is C28H56O4Sn. The van der Waals surface area contributed by atoms with Crippen LogP contribution in [0.5, 0.6) is 0 Å². The molecule has 0 N–H and O–H groups in total. The summed E-state index contributed by atoms with van der Waals surface area (Å²) >= 11 is -3.98. The van der Waals surface area contributed by atoms with E-state index in [1.807, 2.05) is 13.8 Å². The molecular weight excluding hydrogens is 519 g/mol. The van der Waals surface area contributed by atoms with Crippen LogP contribution in [0.1, 0.15) is 133 Å². The molecule has 0 aromatic heterocycles.